The predicted octanol–water partition coefficient (Wildman–Crippen LogP) is 3.20. The molecule has 0 unspecified atom stereocenters. The Kier molecular flexibility index (Phi) is 4.72. The van der Waals surface area contributed by atoms with E-state index in [0.29, 0.717) is 10.6 Å². The highest BCUT2D eigenvalue weighted by Crippen LogP contribution is 2.26. The quantitative estimate of drug-likeness (QED) is 0.890. The fraction of sp³-hybridized carbons (Fsp3) is 0.417. The number of thiazole rings is 1. The standard InChI is InChI=1S/C12H16N2O2S3/c1-3-9-5-6-11(18-9)19(15,16)14-10(4-2)12-13-7-8-17-12/h5-8,10,14H,3-4H2,1-2H3/t10-/m0/s1. The topological polar surface area (TPSA) is 59.1 Å². The molecule has 0 aliphatic heterocycles. The van der Waals surface area contributed by atoms with Gasteiger partial charge in [0.25, 0.3) is 10.0 Å². The summed E-state index contributed by atoms with van der Waals surface area (Å²) in [5, 5.41) is 2.66. The van der Waals surface area contributed by atoms with Gasteiger partial charge in [-0.1, -0.05) is 13.8 Å². The van der Waals surface area contributed by atoms with E-state index in [-0.39, 0.29) is 6.04 Å². The van der Waals surface area contributed by atoms with Crippen molar-refractivity contribution in [3.05, 3.63) is 33.6 Å². The lowest BCUT2D eigenvalue weighted by molar-refractivity contribution is 0.551. The number of aryl methyl sites for hydroxylation is 1. The summed E-state index contributed by atoms with van der Waals surface area (Å²) in [6.45, 7) is 3.96. The Labute approximate surface area is 121 Å². The normalized spacial score (nSPS) is 13.6. The van der Waals surface area contributed by atoms with Crippen LogP contribution in [0.25, 0.3) is 0 Å². The van der Waals surface area contributed by atoms with Gasteiger partial charge in [0.1, 0.15) is 9.22 Å². The molecule has 0 aliphatic rings. The molecule has 19 heavy (non-hydrogen) atoms. The Morgan fingerprint density at radius 3 is 2.68 bits per heavy atom. The molecule has 0 aromatic carbocycles. The van der Waals surface area contributed by atoms with Crippen LogP contribution >= 0.6 is 22.7 Å². The lowest BCUT2D eigenvalue weighted by Crippen LogP contribution is -2.27. The first-order chi connectivity index (χ1) is 9.06. The largest absolute Gasteiger partial charge is 0.250 e. The van der Waals surface area contributed by atoms with Gasteiger partial charge < -0.3 is 0 Å². The Bertz CT molecular complexity index is 617. The van der Waals surface area contributed by atoms with Gasteiger partial charge in [-0.15, -0.1) is 22.7 Å². The summed E-state index contributed by atoms with van der Waals surface area (Å²) in [5.41, 5.74) is 0. The summed E-state index contributed by atoms with van der Waals surface area (Å²) < 4.78 is 27.7. The molecule has 2 aromatic rings. The second kappa shape index (κ2) is 6.13. The molecule has 104 valence electrons. The van der Waals surface area contributed by atoms with Crippen molar-refractivity contribution in [3.8, 4) is 0 Å². The number of aromatic nitrogens is 1. The molecule has 4 nitrogen and oxygen atoms in total. The minimum absolute atomic E-state index is 0.253. The van der Waals surface area contributed by atoms with E-state index in [1.807, 2.05) is 25.3 Å². The lowest BCUT2D eigenvalue weighted by Gasteiger charge is -2.13. The van der Waals surface area contributed by atoms with Gasteiger partial charge in [0.15, 0.2) is 0 Å². The maximum Gasteiger partial charge on any atom is 0.250 e. The summed E-state index contributed by atoms with van der Waals surface area (Å²) in [5.74, 6) is 0. The monoisotopic (exact) mass is 316 g/mol. The number of sulfonamides is 1. The minimum Gasteiger partial charge on any atom is -0.248 e. The summed E-state index contributed by atoms with van der Waals surface area (Å²) in [7, 11) is -3.45. The molecular formula is C12H16N2O2S3. The fourth-order valence-electron chi connectivity index (χ4n) is 1.65. The number of rotatable bonds is 6. The molecule has 0 aliphatic carbocycles. The number of hydrogen-bond donors (Lipinski definition) is 1. The van der Waals surface area contributed by atoms with E-state index in [0.717, 1.165) is 16.3 Å². The highest BCUT2D eigenvalue weighted by atomic mass is 32.2. The van der Waals surface area contributed by atoms with Gasteiger partial charge in [-0.05, 0) is 25.0 Å². The van der Waals surface area contributed by atoms with Crippen LogP contribution in [-0.4, -0.2) is 13.4 Å². The summed E-state index contributed by atoms with van der Waals surface area (Å²) in [6.07, 6.45) is 3.22. The molecule has 1 N–H and O–H groups in total. The zero-order chi connectivity index (χ0) is 13.9. The van der Waals surface area contributed by atoms with Gasteiger partial charge in [0.2, 0.25) is 0 Å². The van der Waals surface area contributed by atoms with E-state index < -0.39 is 10.0 Å². The second-order valence-electron chi connectivity index (χ2n) is 4.03. The van der Waals surface area contributed by atoms with E-state index in [2.05, 4.69) is 9.71 Å². The molecular weight excluding hydrogens is 300 g/mol. The van der Waals surface area contributed by atoms with Crippen molar-refractivity contribution in [1.29, 1.82) is 0 Å². The Balaban J connectivity index is 2.20. The van der Waals surface area contributed by atoms with Gasteiger partial charge in [0, 0.05) is 16.5 Å². The SMILES string of the molecule is CCc1ccc(S(=O)(=O)N[C@@H](CC)c2nccs2)s1. The third-order valence-electron chi connectivity index (χ3n) is 2.71. The van der Waals surface area contributed by atoms with Gasteiger partial charge in [-0.25, -0.2) is 18.1 Å². The highest BCUT2D eigenvalue weighted by molar-refractivity contribution is 7.91. The first kappa shape index (κ1) is 14.6. The van der Waals surface area contributed by atoms with Crippen LogP contribution in [0.1, 0.15) is 36.2 Å². The van der Waals surface area contributed by atoms with Crippen LogP contribution in [0.4, 0.5) is 0 Å². The van der Waals surface area contributed by atoms with E-state index in [9.17, 15) is 8.42 Å². The van der Waals surface area contributed by atoms with Gasteiger partial charge in [-0.2, -0.15) is 0 Å². The number of nitrogens with one attached hydrogen (secondary N) is 1. The predicted molar refractivity (Wildman–Crippen MR) is 79.2 cm³/mol. The van der Waals surface area contributed by atoms with E-state index in [4.69, 9.17) is 0 Å². The van der Waals surface area contributed by atoms with Crippen LogP contribution in [0.3, 0.4) is 0 Å². The van der Waals surface area contributed by atoms with E-state index in [1.54, 1.807) is 12.3 Å². The van der Waals surface area contributed by atoms with Crippen LogP contribution in [0.2, 0.25) is 0 Å². The van der Waals surface area contributed by atoms with Crippen molar-refractivity contribution in [1.82, 2.24) is 9.71 Å². The second-order valence-corrected chi connectivity index (χ2v) is 8.06. The summed E-state index contributed by atoms with van der Waals surface area (Å²) >= 11 is 2.79. The Morgan fingerprint density at radius 2 is 2.16 bits per heavy atom. The van der Waals surface area contributed by atoms with E-state index in [1.165, 1.54) is 22.7 Å². The van der Waals surface area contributed by atoms with Crippen LogP contribution < -0.4 is 4.72 Å². The molecule has 0 spiro atoms. The maximum atomic E-state index is 12.3. The molecule has 0 bridgehead atoms. The molecule has 0 amide bonds. The van der Waals surface area contributed by atoms with Gasteiger partial charge in [0.05, 0.1) is 6.04 Å². The molecule has 7 heteroatoms. The lowest BCUT2D eigenvalue weighted by atomic mass is 10.3. The Hall–Kier alpha value is -0.760. The fourth-order valence-corrected chi connectivity index (χ4v) is 5.10. The first-order valence-corrected chi connectivity index (χ1v) is 9.25. The molecule has 2 heterocycles. The van der Waals surface area contributed by atoms with Crippen LogP contribution in [0, 0.1) is 0 Å². The average molecular weight is 316 g/mol. The van der Waals surface area contributed by atoms with Gasteiger partial charge in [-0.3, -0.25) is 0 Å². The molecule has 0 saturated carbocycles. The van der Waals surface area contributed by atoms with Crippen molar-refractivity contribution >= 4 is 32.7 Å². The third kappa shape index (κ3) is 3.42. The zero-order valence-electron chi connectivity index (χ0n) is 10.8. The molecule has 2 aromatic heterocycles. The van der Waals surface area contributed by atoms with Crippen molar-refractivity contribution in [2.45, 2.75) is 36.9 Å². The van der Waals surface area contributed by atoms with E-state index >= 15 is 0 Å². The third-order valence-corrected chi connectivity index (χ3v) is 6.79. The zero-order valence-corrected chi connectivity index (χ0v) is 13.2. The number of hydrogen-bond acceptors (Lipinski definition) is 5. The summed E-state index contributed by atoms with van der Waals surface area (Å²) in [4.78, 5) is 5.25. The molecule has 0 saturated heterocycles. The van der Waals surface area contributed by atoms with Crippen molar-refractivity contribution in [2.75, 3.05) is 0 Å². The smallest absolute Gasteiger partial charge is 0.248 e. The van der Waals surface area contributed by atoms with Crippen molar-refractivity contribution < 1.29 is 8.42 Å². The molecule has 1 atom stereocenters. The number of nitrogens with zero attached hydrogens (tertiary/aromatic N) is 1. The highest BCUT2D eigenvalue weighted by Gasteiger charge is 2.23. The minimum atomic E-state index is -3.45. The molecule has 0 radical (unpaired) electrons. The first-order valence-electron chi connectivity index (χ1n) is 6.07. The summed E-state index contributed by atoms with van der Waals surface area (Å²) in [6, 6.07) is 3.28. The molecule has 2 rings (SSSR count). The van der Waals surface area contributed by atoms with Crippen LogP contribution in [0.15, 0.2) is 27.9 Å². The van der Waals surface area contributed by atoms with Crippen LogP contribution in [-0.2, 0) is 16.4 Å². The van der Waals surface area contributed by atoms with Crippen molar-refractivity contribution in [2.24, 2.45) is 0 Å². The molecule has 0 fully saturated rings. The van der Waals surface area contributed by atoms with Crippen molar-refractivity contribution in [3.63, 3.8) is 0 Å². The Morgan fingerprint density at radius 1 is 1.37 bits per heavy atom. The van der Waals surface area contributed by atoms with Gasteiger partial charge >= 0.3 is 0 Å². The van der Waals surface area contributed by atoms with Crippen LogP contribution in [0.5, 0.6) is 0 Å². The average Bonchev–Trinajstić information content (AvgIpc) is 3.06. The maximum absolute atomic E-state index is 12.3. The number of thiophene rings is 1.